The lowest BCUT2D eigenvalue weighted by atomic mass is 9.86. The van der Waals surface area contributed by atoms with Crippen molar-refractivity contribution in [1.82, 2.24) is 4.98 Å². The van der Waals surface area contributed by atoms with Crippen molar-refractivity contribution in [1.29, 1.82) is 0 Å². The van der Waals surface area contributed by atoms with E-state index in [2.05, 4.69) is 16.4 Å². The van der Waals surface area contributed by atoms with Crippen LogP contribution in [0.25, 0.3) is 0 Å². The molecule has 2 saturated carbocycles. The second kappa shape index (κ2) is 11.5. The zero-order chi connectivity index (χ0) is 24.8. The predicted octanol–water partition coefficient (Wildman–Crippen LogP) is 7.42. The number of ether oxygens (including phenoxy) is 1. The monoisotopic (exact) mass is 504 g/mol. The largest absolute Gasteiger partial charge is 0.487 e. The van der Waals surface area contributed by atoms with Gasteiger partial charge in [0.05, 0.1) is 16.3 Å². The van der Waals surface area contributed by atoms with Gasteiger partial charge in [-0.2, -0.15) is 0 Å². The molecule has 0 saturated heterocycles. The minimum Gasteiger partial charge on any atom is -0.487 e. The average molecular weight is 505 g/mol. The van der Waals surface area contributed by atoms with Crippen LogP contribution in [0.15, 0.2) is 71.8 Å². The fourth-order valence-electron chi connectivity index (χ4n) is 5.20. The maximum Gasteiger partial charge on any atom is 0.178 e. The first-order valence-corrected chi connectivity index (χ1v) is 15.0. The number of sulfone groups is 1. The number of nitrogens with zero attached hydrogens (tertiary/aromatic N) is 1. The first-order chi connectivity index (χ1) is 17.6. The zero-order valence-electron chi connectivity index (χ0n) is 20.9. The number of pyridine rings is 1. The van der Waals surface area contributed by atoms with Gasteiger partial charge in [0, 0.05) is 17.6 Å². The van der Waals surface area contributed by atoms with Gasteiger partial charge in [0.2, 0.25) is 0 Å². The molecule has 0 aliphatic heterocycles. The van der Waals surface area contributed by atoms with Gasteiger partial charge in [0.15, 0.2) is 9.84 Å². The minimum atomic E-state index is -3.30. The normalized spacial score (nSPS) is 16.6. The van der Waals surface area contributed by atoms with Crippen LogP contribution < -0.4 is 10.1 Å². The molecule has 190 valence electrons. The molecule has 0 atom stereocenters. The molecule has 1 N–H and O–H groups in total. The van der Waals surface area contributed by atoms with E-state index in [-0.39, 0.29) is 5.75 Å². The molecule has 6 heteroatoms. The number of aromatic nitrogens is 1. The lowest BCUT2D eigenvalue weighted by Gasteiger charge is -2.21. The molecule has 0 amide bonds. The van der Waals surface area contributed by atoms with Crippen LogP contribution in [-0.4, -0.2) is 19.2 Å². The maximum absolute atomic E-state index is 13.0. The molecule has 5 nitrogen and oxygen atoms in total. The average Bonchev–Trinajstić information content (AvgIpc) is 3.75. The summed E-state index contributed by atoms with van der Waals surface area (Å²) in [6, 6.07) is 19.2. The molecule has 36 heavy (non-hydrogen) atoms. The molecule has 5 rings (SSSR count). The minimum absolute atomic E-state index is 0.225. The maximum atomic E-state index is 13.0. The van der Waals surface area contributed by atoms with Crippen LogP contribution in [0.4, 0.5) is 11.4 Å². The van der Waals surface area contributed by atoms with Crippen molar-refractivity contribution in [3.8, 4) is 5.75 Å². The highest BCUT2D eigenvalue weighted by atomic mass is 32.2. The number of hydrogen-bond acceptors (Lipinski definition) is 5. The Balaban J connectivity index is 1.24. The molecule has 1 heterocycles. The van der Waals surface area contributed by atoms with Crippen molar-refractivity contribution >= 4 is 21.2 Å². The van der Waals surface area contributed by atoms with Crippen LogP contribution >= 0.6 is 0 Å². The summed E-state index contributed by atoms with van der Waals surface area (Å²) in [7, 11) is -3.30. The standard InChI is InChI=1S/C30H36N2O3S/c33-36(34,19-7-10-23-8-2-1-3-9-23)28-13-6-12-25(20-28)32-30-17-16-27(21-29(30)24-14-15-24)35-22-26-11-4-5-18-31-26/h4-6,11-13,16-18,20-21,23-24,32H,1-3,7-10,14-15,19,22H2. The number of rotatable bonds is 11. The van der Waals surface area contributed by atoms with Gasteiger partial charge in [-0.1, -0.05) is 44.2 Å². The molecule has 0 radical (unpaired) electrons. The topological polar surface area (TPSA) is 68.3 Å². The molecule has 0 bridgehead atoms. The molecule has 0 spiro atoms. The van der Waals surface area contributed by atoms with Gasteiger partial charge in [0.1, 0.15) is 12.4 Å². The fraction of sp³-hybridized carbons (Fsp3) is 0.433. The van der Waals surface area contributed by atoms with Crippen LogP contribution in [0.5, 0.6) is 5.75 Å². The van der Waals surface area contributed by atoms with Crippen molar-refractivity contribution in [2.75, 3.05) is 11.1 Å². The fourth-order valence-corrected chi connectivity index (χ4v) is 6.57. The molecule has 2 aromatic carbocycles. The quantitative estimate of drug-likeness (QED) is 0.294. The summed E-state index contributed by atoms with van der Waals surface area (Å²) in [6.07, 6.45) is 12.3. The van der Waals surface area contributed by atoms with E-state index in [0.29, 0.717) is 23.3 Å². The third-order valence-electron chi connectivity index (χ3n) is 7.38. The van der Waals surface area contributed by atoms with Gasteiger partial charge in [-0.25, -0.2) is 8.42 Å². The van der Waals surface area contributed by atoms with Gasteiger partial charge in [0.25, 0.3) is 0 Å². The van der Waals surface area contributed by atoms with Crippen molar-refractivity contribution in [2.45, 2.75) is 75.2 Å². The van der Waals surface area contributed by atoms with Gasteiger partial charge < -0.3 is 10.1 Å². The second-order valence-electron chi connectivity index (χ2n) is 10.3. The highest BCUT2D eigenvalue weighted by Crippen LogP contribution is 2.45. The van der Waals surface area contributed by atoms with Gasteiger partial charge in [-0.3, -0.25) is 4.98 Å². The zero-order valence-corrected chi connectivity index (χ0v) is 21.7. The van der Waals surface area contributed by atoms with E-state index < -0.39 is 9.84 Å². The molecular weight excluding hydrogens is 468 g/mol. The van der Waals surface area contributed by atoms with Crippen LogP contribution in [-0.2, 0) is 16.4 Å². The third kappa shape index (κ3) is 6.67. The van der Waals surface area contributed by atoms with E-state index in [1.54, 1.807) is 18.3 Å². The summed E-state index contributed by atoms with van der Waals surface area (Å²) in [4.78, 5) is 4.72. The van der Waals surface area contributed by atoms with E-state index in [0.717, 1.165) is 48.5 Å². The summed E-state index contributed by atoms with van der Waals surface area (Å²) in [5.74, 6) is 2.27. The molecule has 0 unspecified atom stereocenters. The van der Waals surface area contributed by atoms with Crippen LogP contribution in [0.1, 0.15) is 75.0 Å². The third-order valence-corrected chi connectivity index (χ3v) is 9.17. The Morgan fingerprint density at radius 1 is 0.917 bits per heavy atom. The Morgan fingerprint density at radius 3 is 2.56 bits per heavy atom. The van der Waals surface area contributed by atoms with Gasteiger partial charge >= 0.3 is 0 Å². The molecule has 3 aromatic rings. The smallest absolute Gasteiger partial charge is 0.178 e. The Kier molecular flexibility index (Phi) is 7.90. The summed E-state index contributed by atoms with van der Waals surface area (Å²) >= 11 is 0. The van der Waals surface area contributed by atoms with Crippen LogP contribution in [0.3, 0.4) is 0 Å². The van der Waals surface area contributed by atoms with E-state index in [4.69, 9.17) is 4.74 Å². The van der Waals surface area contributed by atoms with Gasteiger partial charge in [-0.05, 0) is 91.6 Å². The van der Waals surface area contributed by atoms with Crippen LogP contribution in [0.2, 0.25) is 0 Å². The van der Waals surface area contributed by atoms with E-state index in [9.17, 15) is 8.42 Å². The Bertz CT molecular complexity index is 1250. The summed E-state index contributed by atoms with van der Waals surface area (Å²) in [6.45, 7) is 0.429. The second-order valence-corrected chi connectivity index (χ2v) is 12.4. The van der Waals surface area contributed by atoms with E-state index >= 15 is 0 Å². The summed E-state index contributed by atoms with van der Waals surface area (Å²) in [5, 5.41) is 3.48. The lowest BCUT2D eigenvalue weighted by Crippen LogP contribution is -2.11. The highest BCUT2D eigenvalue weighted by Gasteiger charge is 2.27. The van der Waals surface area contributed by atoms with Crippen molar-refractivity contribution in [3.05, 3.63) is 78.1 Å². The molecule has 1 aromatic heterocycles. The summed E-state index contributed by atoms with van der Waals surface area (Å²) in [5.41, 5.74) is 3.92. The van der Waals surface area contributed by atoms with E-state index in [1.165, 1.54) is 37.7 Å². The molecule has 2 aliphatic rings. The number of benzene rings is 2. The first-order valence-electron chi connectivity index (χ1n) is 13.3. The Labute approximate surface area is 215 Å². The number of anilines is 2. The number of nitrogens with one attached hydrogen (secondary N) is 1. The molecular formula is C30H36N2O3S. The predicted molar refractivity (Wildman–Crippen MR) is 145 cm³/mol. The van der Waals surface area contributed by atoms with Crippen LogP contribution in [0, 0.1) is 5.92 Å². The SMILES string of the molecule is O=S(=O)(CCCC1CCCCC1)c1cccc(Nc2ccc(OCc3ccccn3)cc2C2CC2)c1. The number of hydrogen-bond donors (Lipinski definition) is 1. The lowest BCUT2D eigenvalue weighted by molar-refractivity contribution is 0.301. The highest BCUT2D eigenvalue weighted by molar-refractivity contribution is 7.91. The Hall–Kier alpha value is -2.86. The summed E-state index contributed by atoms with van der Waals surface area (Å²) < 4.78 is 32.1. The molecule has 2 aliphatic carbocycles. The Morgan fingerprint density at radius 2 is 1.78 bits per heavy atom. The van der Waals surface area contributed by atoms with Crippen molar-refractivity contribution in [3.63, 3.8) is 0 Å². The first kappa shape index (κ1) is 24.8. The molecule has 2 fully saturated rings. The van der Waals surface area contributed by atoms with Gasteiger partial charge in [-0.15, -0.1) is 0 Å². The van der Waals surface area contributed by atoms with Crippen molar-refractivity contribution in [2.24, 2.45) is 5.92 Å². The van der Waals surface area contributed by atoms with E-state index in [1.807, 2.05) is 42.5 Å². The van der Waals surface area contributed by atoms with Crippen molar-refractivity contribution < 1.29 is 13.2 Å².